The minimum atomic E-state index is -0.216. The maximum absolute atomic E-state index is 12.4. The van der Waals surface area contributed by atoms with E-state index < -0.39 is 0 Å². The van der Waals surface area contributed by atoms with E-state index in [2.05, 4.69) is 16.8 Å². The van der Waals surface area contributed by atoms with Gasteiger partial charge in [-0.2, -0.15) is 0 Å². The van der Waals surface area contributed by atoms with Crippen molar-refractivity contribution in [3.8, 4) is 11.8 Å². The SMILES string of the molecule is CC#Cc1ccc(COC(=O)C2CCCN2c2nccs2)cc1. The van der Waals surface area contributed by atoms with Gasteiger partial charge in [0.1, 0.15) is 12.6 Å². The fraction of sp³-hybridized carbons (Fsp3) is 0.333. The predicted octanol–water partition coefficient (Wildman–Crippen LogP) is 3.23. The van der Waals surface area contributed by atoms with E-state index >= 15 is 0 Å². The zero-order chi connectivity index (χ0) is 16.1. The Hall–Kier alpha value is -2.32. The lowest BCUT2D eigenvalue weighted by Crippen LogP contribution is -2.37. The fourth-order valence-corrected chi connectivity index (χ4v) is 3.40. The molecule has 0 saturated carbocycles. The first kappa shape index (κ1) is 15.6. The minimum Gasteiger partial charge on any atom is -0.459 e. The van der Waals surface area contributed by atoms with Gasteiger partial charge in [-0.15, -0.1) is 17.3 Å². The Bertz CT molecular complexity index is 714. The summed E-state index contributed by atoms with van der Waals surface area (Å²) in [6, 6.07) is 7.56. The molecular weight excluding hydrogens is 308 g/mol. The van der Waals surface area contributed by atoms with Crippen LogP contribution in [0, 0.1) is 11.8 Å². The van der Waals surface area contributed by atoms with Crippen molar-refractivity contribution in [2.45, 2.75) is 32.4 Å². The van der Waals surface area contributed by atoms with E-state index in [1.54, 1.807) is 17.5 Å². The summed E-state index contributed by atoms with van der Waals surface area (Å²) in [6.07, 6.45) is 3.58. The van der Waals surface area contributed by atoms with Gasteiger partial charge in [-0.05, 0) is 37.5 Å². The van der Waals surface area contributed by atoms with Crippen molar-refractivity contribution in [3.05, 3.63) is 47.0 Å². The number of benzene rings is 1. The molecule has 2 heterocycles. The van der Waals surface area contributed by atoms with Gasteiger partial charge in [0, 0.05) is 23.7 Å². The molecule has 0 spiro atoms. The van der Waals surface area contributed by atoms with E-state index in [4.69, 9.17) is 4.74 Å². The summed E-state index contributed by atoms with van der Waals surface area (Å²) in [4.78, 5) is 18.7. The summed E-state index contributed by atoms with van der Waals surface area (Å²) in [5, 5.41) is 2.82. The van der Waals surface area contributed by atoms with E-state index in [0.717, 1.165) is 35.6 Å². The topological polar surface area (TPSA) is 42.4 Å². The van der Waals surface area contributed by atoms with Gasteiger partial charge in [0.2, 0.25) is 0 Å². The number of thiazole rings is 1. The highest BCUT2D eigenvalue weighted by Crippen LogP contribution is 2.28. The molecule has 0 N–H and O–H groups in total. The predicted molar refractivity (Wildman–Crippen MR) is 91.3 cm³/mol. The zero-order valence-corrected chi connectivity index (χ0v) is 13.8. The van der Waals surface area contributed by atoms with Gasteiger partial charge in [0.05, 0.1) is 0 Å². The molecule has 1 atom stereocenters. The minimum absolute atomic E-state index is 0.171. The van der Waals surface area contributed by atoms with E-state index in [1.165, 1.54) is 0 Å². The molecule has 1 fully saturated rings. The Balaban J connectivity index is 1.59. The normalized spacial score (nSPS) is 16.7. The zero-order valence-electron chi connectivity index (χ0n) is 13.0. The number of hydrogen-bond donors (Lipinski definition) is 0. The molecule has 0 radical (unpaired) electrons. The molecule has 1 aromatic carbocycles. The van der Waals surface area contributed by atoms with Gasteiger partial charge >= 0.3 is 5.97 Å². The Morgan fingerprint density at radius 3 is 2.96 bits per heavy atom. The molecule has 1 aliphatic heterocycles. The molecular formula is C18H18N2O2S. The Labute approximate surface area is 140 Å². The van der Waals surface area contributed by atoms with E-state index in [1.807, 2.05) is 41.5 Å². The largest absolute Gasteiger partial charge is 0.459 e. The average Bonchev–Trinajstić information content (AvgIpc) is 3.25. The van der Waals surface area contributed by atoms with Crippen LogP contribution < -0.4 is 4.90 Å². The molecule has 0 amide bonds. The first-order valence-electron chi connectivity index (χ1n) is 7.62. The lowest BCUT2D eigenvalue weighted by Gasteiger charge is -2.22. The second-order valence-corrected chi connectivity index (χ2v) is 6.22. The Morgan fingerprint density at radius 2 is 2.26 bits per heavy atom. The molecule has 1 aromatic heterocycles. The highest BCUT2D eigenvalue weighted by atomic mass is 32.1. The van der Waals surface area contributed by atoms with Crippen LogP contribution in [0.3, 0.4) is 0 Å². The van der Waals surface area contributed by atoms with Crippen molar-refractivity contribution in [3.63, 3.8) is 0 Å². The van der Waals surface area contributed by atoms with Gasteiger partial charge in [-0.1, -0.05) is 18.1 Å². The average molecular weight is 326 g/mol. The molecule has 0 bridgehead atoms. The number of rotatable bonds is 4. The van der Waals surface area contributed by atoms with Crippen molar-refractivity contribution in [1.82, 2.24) is 4.98 Å². The van der Waals surface area contributed by atoms with Crippen molar-refractivity contribution in [2.75, 3.05) is 11.4 Å². The summed E-state index contributed by atoms with van der Waals surface area (Å²) >= 11 is 1.56. The Morgan fingerprint density at radius 1 is 1.43 bits per heavy atom. The standard InChI is InChI=1S/C18H18N2O2S/c1-2-4-14-6-8-15(9-7-14)13-22-17(21)16-5-3-11-20(16)18-19-10-12-23-18/h6-10,12,16H,3,5,11,13H2,1H3. The van der Waals surface area contributed by atoms with E-state index in [9.17, 15) is 4.79 Å². The molecule has 3 rings (SSSR count). The monoisotopic (exact) mass is 326 g/mol. The third-order valence-corrected chi connectivity index (χ3v) is 4.60. The maximum atomic E-state index is 12.4. The molecule has 0 aliphatic carbocycles. The van der Waals surface area contributed by atoms with Gasteiger partial charge in [-0.25, -0.2) is 9.78 Å². The number of hydrogen-bond acceptors (Lipinski definition) is 5. The van der Waals surface area contributed by atoms with Crippen LogP contribution in [0.25, 0.3) is 0 Å². The fourth-order valence-electron chi connectivity index (χ4n) is 2.68. The molecule has 1 unspecified atom stereocenters. The maximum Gasteiger partial charge on any atom is 0.329 e. The van der Waals surface area contributed by atoms with Crippen molar-refractivity contribution >= 4 is 22.4 Å². The van der Waals surface area contributed by atoms with Crippen LogP contribution in [0.4, 0.5) is 5.13 Å². The van der Waals surface area contributed by atoms with Gasteiger partial charge in [0.25, 0.3) is 0 Å². The van der Waals surface area contributed by atoms with Gasteiger partial charge < -0.3 is 9.64 Å². The molecule has 23 heavy (non-hydrogen) atoms. The van der Waals surface area contributed by atoms with Crippen LogP contribution in [0.15, 0.2) is 35.8 Å². The number of anilines is 1. The molecule has 2 aromatic rings. The van der Waals surface area contributed by atoms with E-state index in [0.29, 0.717) is 6.61 Å². The molecule has 1 saturated heterocycles. The van der Waals surface area contributed by atoms with Crippen LogP contribution in [0.1, 0.15) is 30.9 Å². The number of ether oxygens (including phenoxy) is 1. The second-order valence-electron chi connectivity index (χ2n) is 5.35. The summed E-state index contributed by atoms with van der Waals surface area (Å²) in [5.41, 5.74) is 1.94. The number of carbonyl (C=O) groups excluding carboxylic acids is 1. The highest BCUT2D eigenvalue weighted by molar-refractivity contribution is 7.13. The van der Waals surface area contributed by atoms with Crippen LogP contribution in [0.5, 0.6) is 0 Å². The third kappa shape index (κ3) is 3.72. The second kappa shape index (κ2) is 7.30. The lowest BCUT2D eigenvalue weighted by atomic mass is 10.1. The van der Waals surface area contributed by atoms with E-state index in [-0.39, 0.29) is 12.0 Å². The molecule has 5 heteroatoms. The highest BCUT2D eigenvalue weighted by Gasteiger charge is 2.33. The summed E-state index contributed by atoms with van der Waals surface area (Å²) in [5.74, 6) is 5.69. The van der Waals surface area contributed by atoms with Crippen molar-refractivity contribution < 1.29 is 9.53 Å². The Kier molecular flexibility index (Phi) is 4.94. The number of nitrogens with zero attached hydrogens (tertiary/aromatic N) is 2. The third-order valence-electron chi connectivity index (χ3n) is 3.79. The van der Waals surface area contributed by atoms with Crippen molar-refractivity contribution in [1.29, 1.82) is 0 Å². The quantitative estimate of drug-likeness (QED) is 0.639. The van der Waals surface area contributed by atoms with Crippen LogP contribution >= 0.6 is 11.3 Å². The molecule has 1 aliphatic rings. The van der Waals surface area contributed by atoms with Crippen LogP contribution in [-0.4, -0.2) is 23.5 Å². The smallest absolute Gasteiger partial charge is 0.329 e. The van der Waals surface area contributed by atoms with Gasteiger partial charge in [0.15, 0.2) is 5.13 Å². The first-order valence-corrected chi connectivity index (χ1v) is 8.50. The van der Waals surface area contributed by atoms with Crippen LogP contribution in [-0.2, 0) is 16.1 Å². The molecule has 4 nitrogen and oxygen atoms in total. The van der Waals surface area contributed by atoms with Gasteiger partial charge in [-0.3, -0.25) is 0 Å². The van der Waals surface area contributed by atoms with Crippen molar-refractivity contribution in [2.24, 2.45) is 0 Å². The van der Waals surface area contributed by atoms with Crippen LogP contribution in [0.2, 0.25) is 0 Å². The number of carbonyl (C=O) groups is 1. The summed E-state index contributed by atoms with van der Waals surface area (Å²) in [7, 11) is 0. The first-order chi connectivity index (χ1) is 11.3. The lowest BCUT2D eigenvalue weighted by molar-refractivity contribution is -0.146. The number of esters is 1. The summed E-state index contributed by atoms with van der Waals surface area (Å²) in [6.45, 7) is 2.96. The number of aromatic nitrogens is 1. The molecule has 118 valence electrons. The summed E-state index contributed by atoms with van der Waals surface area (Å²) < 4.78 is 5.50.